The van der Waals surface area contributed by atoms with Crippen molar-refractivity contribution < 1.29 is 14.3 Å². The third kappa shape index (κ3) is 4.74. The Kier molecular flexibility index (Phi) is 6.41. The second-order valence-corrected chi connectivity index (χ2v) is 5.92. The highest BCUT2D eigenvalue weighted by molar-refractivity contribution is 5.81. The van der Waals surface area contributed by atoms with Gasteiger partial charge < -0.3 is 14.8 Å². The lowest BCUT2D eigenvalue weighted by Gasteiger charge is -2.22. The number of carbonyl (C=O) groups is 1. The van der Waals surface area contributed by atoms with Crippen molar-refractivity contribution in [3.8, 4) is 17.6 Å². The number of carbonyl (C=O) groups excluding carboxylic acids is 1. The maximum absolute atomic E-state index is 12.6. The molecule has 130 valence electrons. The van der Waals surface area contributed by atoms with E-state index >= 15 is 0 Å². The van der Waals surface area contributed by atoms with E-state index in [9.17, 15) is 10.1 Å². The van der Waals surface area contributed by atoms with Crippen LogP contribution in [0.4, 0.5) is 0 Å². The molecule has 0 spiro atoms. The topological polar surface area (TPSA) is 71.3 Å². The minimum atomic E-state index is -0.691. The van der Waals surface area contributed by atoms with Gasteiger partial charge in [0, 0.05) is 12.1 Å². The molecular weight excluding hydrogens is 316 g/mol. The van der Waals surface area contributed by atoms with Crippen molar-refractivity contribution in [2.24, 2.45) is 5.92 Å². The lowest BCUT2D eigenvalue weighted by molar-refractivity contribution is -0.130. The number of nitrogens with zero attached hydrogens (tertiary/aromatic N) is 1. The van der Waals surface area contributed by atoms with Crippen molar-refractivity contribution in [1.29, 1.82) is 5.26 Å². The Bertz CT molecular complexity index is 766. The fraction of sp³-hybridized carbons (Fsp3) is 0.300. The quantitative estimate of drug-likeness (QED) is 0.841. The predicted octanol–water partition coefficient (Wildman–Crippen LogP) is 3.29. The Hall–Kier alpha value is -3.00. The van der Waals surface area contributed by atoms with E-state index in [0.717, 1.165) is 11.3 Å². The molecule has 1 N–H and O–H groups in total. The number of hydrogen-bond donors (Lipinski definition) is 1. The fourth-order valence-electron chi connectivity index (χ4n) is 2.42. The number of rotatable bonds is 7. The van der Waals surface area contributed by atoms with Crippen LogP contribution in [0, 0.1) is 17.2 Å². The molecular formula is C20H22N2O3. The summed E-state index contributed by atoms with van der Waals surface area (Å²) in [4.78, 5) is 12.6. The van der Waals surface area contributed by atoms with Crippen molar-refractivity contribution in [2.75, 3.05) is 7.11 Å². The summed E-state index contributed by atoms with van der Waals surface area (Å²) in [6.45, 7) is 4.15. The molecule has 1 atom stereocenters. The van der Waals surface area contributed by atoms with E-state index in [0.29, 0.717) is 17.9 Å². The van der Waals surface area contributed by atoms with Crippen LogP contribution in [-0.4, -0.2) is 19.1 Å². The van der Waals surface area contributed by atoms with Gasteiger partial charge in [0.1, 0.15) is 17.6 Å². The molecule has 0 aliphatic rings. The van der Waals surface area contributed by atoms with Gasteiger partial charge in [-0.1, -0.05) is 44.2 Å². The monoisotopic (exact) mass is 338 g/mol. The molecule has 0 heterocycles. The average Bonchev–Trinajstić information content (AvgIpc) is 2.64. The molecule has 0 saturated heterocycles. The van der Waals surface area contributed by atoms with Crippen LogP contribution in [0.3, 0.4) is 0 Å². The van der Waals surface area contributed by atoms with E-state index in [1.807, 2.05) is 38.1 Å². The SMILES string of the molecule is COc1ccccc1CNC(=O)C(Oc1ccccc1C#N)C(C)C. The first kappa shape index (κ1) is 18.3. The van der Waals surface area contributed by atoms with Gasteiger partial charge in [-0.15, -0.1) is 0 Å². The standard InChI is InChI=1S/C20H22N2O3/c1-14(2)19(25-18-11-7-4-8-15(18)12-21)20(23)22-13-16-9-5-6-10-17(16)24-3/h4-11,14,19H,13H2,1-3H3,(H,22,23). The van der Waals surface area contributed by atoms with Crippen LogP contribution < -0.4 is 14.8 Å². The van der Waals surface area contributed by atoms with Gasteiger partial charge in [0.25, 0.3) is 5.91 Å². The lowest BCUT2D eigenvalue weighted by atomic mass is 10.1. The van der Waals surface area contributed by atoms with Gasteiger partial charge in [-0.2, -0.15) is 5.26 Å². The van der Waals surface area contributed by atoms with Crippen molar-refractivity contribution in [2.45, 2.75) is 26.5 Å². The lowest BCUT2D eigenvalue weighted by Crippen LogP contribution is -2.41. The maximum Gasteiger partial charge on any atom is 0.261 e. The summed E-state index contributed by atoms with van der Waals surface area (Å²) in [6, 6.07) is 16.5. The molecule has 0 aliphatic carbocycles. The van der Waals surface area contributed by atoms with Crippen molar-refractivity contribution in [3.63, 3.8) is 0 Å². The maximum atomic E-state index is 12.6. The van der Waals surface area contributed by atoms with Gasteiger partial charge in [0.05, 0.1) is 12.7 Å². The minimum Gasteiger partial charge on any atom is -0.496 e. The van der Waals surface area contributed by atoms with Crippen LogP contribution >= 0.6 is 0 Å². The smallest absolute Gasteiger partial charge is 0.261 e. The number of benzene rings is 2. The number of para-hydroxylation sites is 2. The van der Waals surface area contributed by atoms with E-state index in [4.69, 9.17) is 9.47 Å². The highest BCUT2D eigenvalue weighted by Crippen LogP contribution is 2.21. The molecule has 2 aromatic carbocycles. The summed E-state index contributed by atoms with van der Waals surface area (Å²) < 4.78 is 11.1. The predicted molar refractivity (Wildman–Crippen MR) is 95.3 cm³/mol. The first-order valence-corrected chi connectivity index (χ1v) is 8.12. The van der Waals surface area contributed by atoms with Crippen LogP contribution in [0.2, 0.25) is 0 Å². The Labute approximate surface area is 148 Å². The van der Waals surface area contributed by atoms with Crippen molar-refractivity contribution in [3.05, 3.63) is 59.7 Å². The Morgan fingerprint density at radius 3 is 2.40 bits per heavy atom. The third-order valence-electron chi connectivity index (χ3n) is 3.77. The Balaban J connectivity index is 2.09. The number of nitrogens with one attached hydrogen (secondary N) is 1. The molecule has 0 radical (unpaired) electrons. The summed E-state index contributed by atoms with van der Waals surface area (Å²) >= 11 is 0. The zero-order chi connectivity index (χ0) is 18.2. The average molecular weight is 338 g/mol. The number of hydrogen-bond acceptors (Lipinski definition) is 4. The highest BCUT2D eigenvalue weighted by Gasteiger charge is 2.25. The number of amides is 1. The largest absolute Gasteiger partial charge is 0.496 e. The van der Waals surface area contributed by atoms with Crippen LogP contribution in [-0.2, 0) is 11.3 Å². The molecule has 2 aromatic rings. The zero-order valence-corrected chi connectivity index (χ0v) is 14.7. The van der Waals surface area contributed by atoms with Crippen LogP contribution in [0.25, 0.3) is 0 Å². The van der Waals surface area contributed by atoms with Gasteiger partial charge in [-0.25, -0.2) is 0 Å². The minimum absolute atomic E-state index is 0.0515. The van der Waals surface area contributed by atoms with Gasteiger partial charge in [-0.3, -0.25) is 4.79 Å². The van der Waals surface area contributed by atoms with E-state index in [1.165, 1.54) is 0 Å². The summed E-state index contributed by atoms with van der Waals surface area (Å²) in [5.74, 6) is 0.855. The fourth-order valence-corrected chi connectivity index (χ4v) is 2.42. The van der Waals surface area contributed by atoms with Crippen LogP contribution in [0.5, 0.6) is 11.5 Å². The van der Waals surface area contributed by atoms with Crippen LogP contribution in [0.15, 0.2) is 48.5 Å². The van der Waals surface area contributed by atoms with Crippen molar-refractivity contribution >= 4 is 5.91 Å². The van der Waals surface area contributed by atoms with Gasteiger partial charge in [-0.05, 0) is 24.1 Å². The Morgan fingerprint density at radius 2 is 1.76 bits per heavy atom. The first-order chi connectivity index (χ1) is 12.1. The van der Waals surface area contributed by atoms with E-state index in [2.05, 4.69) is 11.4 Å². The number of nitriles is 1. The molecule has 0 aliphatic heterocycles. The summed E-state index contributed by atoms with van der Waals surface area (Å²) in [5.41, 5.74) is 1.30. The summed E-state index contributed by atoms with van der Waals surface area (Å²) in [6.07, 6.45) is -0.691. The number of ether oxygens (including phenoxy) is 2. The van der Waals surface area contributed by atoms with Gasteiger partial charge in [0.2, 0.25) is 0 Å². The summed E-state index contributed by atoms with van der Waals surface area (Å²) in [7, 11) is 1.60. The molecule has 1 amide bonds. The van der Waals surface area contributed by atoms with Gasteiger partial charge >= 0.3 is 0 Å². The van der Waals surface area contributed by atoms with E-state index in [1.54, 1.807) is 31.4 Å². The van der Waals surface area contributed by atoms with Gasteiger partial charge in [0.15, 0.2) is 6.10 Å². The highest BCUT2D eigenvalue weighted by atomic mass is 16.5. The van der Waals surface area contributed by atoms with Crippen molar-refractivity contribution in [1.82, 2.24) is 5.32 Å². The number of methoxy groups -OCH3 is 1. The normalized spacial score (nSPS) is 11.5. The third-order valence-corrected chi connectivity index (χ3v) is 3.77. The second-order valence-electron chi connectivity index (χ2n) is 5.92. The van der Waals surface area contributed by atoms with Crippen LogP contribution in [0.1, 0.15) is 25.0 Å². The molecule has 0 aromatic heterocycles. The molecule has 5 heteroatoms. The summed E-state index contributed by atoms with van der Waals surface area (Å²) in [5, 5.41) is 12.1. The Morgan fingerprint density at radius 1 is 1.12 bits per heavy atom. The molecule has 25 heavy (non-hydrogen) atoms. The molecule has 0 bridgehead atoms. The molecule has 5 nitrogen and oxygen atoms in total. The van der Waals surface area contributed by atoms with E-state index in [-0.39, 0.29) is 11.8 Å². The molecule has 2 rings (SSSR count). The molecule has 1 unspecified atom stereocenters. The first-order valence-electron chi connectivity index (χ1n) is 8.12. The molecule has 0 saturated carbocycles. The molecule has 0 fully saturated rings. The second kappa shape index (κ2) is 8.74. The zero-order valence-electron chi connectivity index (χ0n) is 14.7. The van der Waals surface area contributed by atoms with E-state index < -0.39 is 6.10 Å².